The average molecular weight is 277 g/mol. The van der Waals surface area contributed by atoms with Gasteiger partial charge in [-0.15, -0.1) is 0 Å². The molecule has 112 valence electrons. The van der Waals surface area contributed by atoms with Crippen molar-refractivity contribution >= 4 is 11.6 Å². The first kappa shape index (κ1) is 16.5. The number of carbonyl (C=O) groups is 1. The van der Waals surface area contributed by atoms with E-state index in [2.05, 4.69) is 24.1 Å². The number of hydrogen-bond donors (Lipinski definition) is 2. The molecule has 4 nitrogen and oxygen atoms in total. The second-order valence-electron chi connectivity index (χ2n) is 5.78. The van der Waals surface area contributed by atoms with Crippen molar-refractivity contribution in [3.05, 3.63) is 29.8 Å². The molecule has 4 heteroatoms. The molecule has 1 rings (SSSR count). The Labute approximate surface area is 122 Å². The van der Waals surface area contributed by atoms with Crippen molar-refractivity contribution in [3.8, 4) is 0 Å². The molecular formula is C16H27N3O. The zero-order valence-corrected chi connectivity index (χ0v) is 13.0. The first-order chi connectivity index (χ1) is 9.41. The van der Waals surface area contributed by atoms with Crippen LogP contribution in [0.15, 0.2) is 24.3 Å². The minimum Gasteiger partial charge on any atom is -0.399 e. The van der Waals surface area contributed by atoms with Gasteiger partial charge in [-0.25, -0.2) is 0 Å². The van der Waals surface area contributed by atoms with Crippen molar-refractivity contribution < 1.29 is 4.79 Å². The van der Waals surface area contributed by atoms with Crippen molar-refractivity contribution in [2.45, 2.75) is 32.7 Å². The summed E-state index contributed by atoms with van der Waals surface area (Å²) in [6.07, 6.45) is 1.17. The Morgan fingerprint density at radius 2 is 1.95 bits per heavy atom. The number of likely N-dealkylation sites (N-methyl/N-ethyl adjacent to an activating group) is 1. The van der Waals surface area contributed by atoms with Gasteiger partial charge in [-0.1, -0.05) is 32.0 Å². The minimum atomic E-state index is 0.0840. The van der Waals surface area contributed by atoms with Crippen LogP contribution in [0.1, 0.15) is 25.8 Å². The van der Waals surface area contributed by atoms with Crippen LogP contribution in [0, 0.1) is 5.92 Å². The highest BCUT2D eigenvalue weighted by Crippen LogP contribution is 2.12. The fourth-order valence-electron chi connectivity index (χ4n) is 2.33. The van der Waals surface area contributed by atoms with Gasteiger partial charge < -0.3 is 16.0 Å². The van der Waals surface area contributed by atoms with Crippen molar-refractivity contribution in [1.82, 2.24) is 10.2 Å². The Hall–Kier alpha value is -1.55. The Kier molecular flexibility index (Phi) is 6.52. The number of para-hydroxylation sites is 1. The third-order valence-corrected chi connectivity index (χ3v) is 3.62. The van der Waals surface area contributed by atoms with Crippen LogP contribution < -0.4 is 11.1 Å². The van der Waals surface area contributed by atoms with E-state index in [0.29, 0.717) is 31.3 Å². The van der Waals surface area contributed by atoms with E-state index in [4.69, 9.17) is 5.73 Å². The number of amides is 1. The quantitative estimate of drug-likeness (QED) is 0.748. The molecule has 1 amide bonds. The Bertz CT molecular complexity index is 421. The maximum Gasteiger partial charge on any atom is 0.220 e. The average Bonchev–Trinajstić information content (AvgIpc) is 2.37. The van der Waals surface area contributed by atoms with Gasteiger partial charge in [0.2, 0.25) is 5.91 Å². The number of aryl methyl sites for hydroxylation is 1. The van der Waals surface area contributed by atoms with Gasteiger partial charge in [0.25, 0.3) is 0 Å². The van der Waals surface area contributed by atoms with Crippen molar-refractivity contribution in [3.63, 3.8) is 0 Å². The second kappa shape index (κ2) is 7.90. The van der Waals surface area contributed by atoms with E-state index in [1.165, 1.54) is 0 Å². The zero-order valence-electron chi connectivity index (χ0n) is 13.0. The molecule has 0 aliphatic carbocycles. The molecule has 1 aromatic rings. The molecule has 0 aliphatic rings. The van der Waals surface area contributed by atoms with Gasteiger partial charge in [0.15, 0.2) is 0 Å². The van der Waals surface area contributed by atoms with E-state index in [-0.39, 0.29) is 5.91 Å². The smallest absolute Gasteiger partial charge is 0.220 e. The molecule has 3 N–H and O–H groups in total. The fourth-order valence-corrected chi connectivity index (χ4v) is 2.33. The summed E-state index contributed by atoms with van der Waals surface area (Å²) >= 11 is 0. The molecule has 0 bridgehead atoms. The van der Waals surface area contributed by atoms with Crippen molar-refractivity contribution in [2.24, 2.45) is 5.92 Å². The predicted molar refractivity (Wildman–Crippen MR) is 84.5 cm³/mol. The molecular weight excluding hydrogens is 250 g/mol. The molecule has 0 spiro atoms. The number of nitrogens with two attached hydrogens (primary N) is 1. The minimum absolute atomic E-state index is 0.0840. The first-order valence-corrected chi connectivity index (χ1v) is 7.18. The summed E-state index contributed by atoms with van der Waals surface area (Å²) in [5.41, 5.74) is 7.67. The summed E-state index contributed by atoms with van der Waals surface area (Å²) in [5.74, 6) is 0.593. The molecule has 0 aliphatic heterocycles. The van der Waals surface area contributed by atoms with Gasteiger partial charge in [-0.05, 0) is 38.1 Å². The Balaban J connectivity index is 2.39. The summed E-state index contributed by atoms with van der Waals surface area (Å²) in [6, 6.07) is 8.06. The van der Waals surface area contributed by atoms with E-state index in [1.807, 2.05) is 38.4 Å². The van der Waals surface area contributed by atoms with Crippen LogP contribution in [-0.2, 0) is 11.2 Å². The molecule has 0 saturated heterocycles. The zero-order chi connectivity index (χ0) is 15.1. The predicted octanol–water partition coefficient (Wildman–Crippen LogP) is 1.90. The van der Waals surface area contributed by atoms with Crippen molar-refractivity contribution in [2.75, 3.05) is 26.4 Å². The van der Waals surface area contributed by atoms with Gasteiger partial charge >= 0.3 is 0 Å². The second-order valence-corrected chi connectivity index (χ2v) is 5.78. The normalized spacial score (nSPS) is 12.7. The summed E-state index contributed by atoms with van der Waals surface area (Å²) in [4.78, 5) is 14.1. The van der Waals surface area contributed by atoms with Crippen LogP contribution in [0.4, 0.5) is 5.69 Å². The molecule has 0 saturated carbocycles. The molecule has 0 heterocycles. The number of anilines is 1. The van der Waals surface area contributed by atoms with E-state index in [9.17, 15) is 4.79 Å². The number of carbonyl (C=O) groups excluding carboxylic acids is 1. The number of nitrogens with zero attached hydrogens (tertiary/aromatic N) is 1. The van der Waals surface area contributed by atoms with Crippen LogP contribution in [-0.4, -0.2) is 37.5 Å². The van der Waals surface area contributed by atoms with Gasteiger partial charge in [0.05, 0.1) is 0 Å². The van der Waals surface area contributed by atoms with Gasteiger partial charge in [-0.3, -0.25) is 4.79 Å². The number of nitrogen functional groups attached to an aromatic ring is 1. The number of rotatable bonds is 7. The SMILES string of the molecule is CC(C)C(CNC(=O)CCc1ccccc1N)N(C)C. The highest BCUT2D eigenvalue weighted by Gasteiger charge is 2.16. The van der Waals surface area contributed by atoms with Crippen LogP contribution in [0.3, 0.4) is 0 Å². The van der Waals surface area contributed by atoms with E-state index in [1.54, 1.807) is 0 Å². The summed E-state index contributed by atoms with van der Waals surface area (Å²) < 4.78 is 0. The molecule has 0 radical (unpaired) electrons. The summed E-state index contributed by atoms with van der Waals surface area (Å²) in [5, 5.41) is 3.01. The third kappa shape index (κ3) is 5.21. The molecule has 20 heavy (non-hydrogen) atoms. The lowest BCUT2D eigenvalue weighted by Crippen LogP contribution is -2.43. The third-order valence-electron chi connectivity index (χ3n) is 3.62. The topological polar surface area (TPSA) is 58.4 Å². The maximum atomic E-state index is 11.9. The van der Waals surface area contributed by atoms with Crippen molar-refractivity contribution in [1.29, 1.82) is 0 Å². The van der Waals surface area contributed by atoms with Crippen LogP contribution in [0.25, 0.3) is 0 Å². The fraction of sp³-hybridized carbons (Fsp3) is 0.562. The summed E-state index contributed by atoms with van der Waals surface area (Å²) in [6.45, 7) is 5.02. The number of nitrogens with one attached hydrogen (secondary N) is 1. The van der Waals surface area contributed by atoms with E-state index in [0.717, 1.165) is 11.3 Å². The molecule has 0 aromatic heterocycles. The Morgan fingerprint density at radius 1 is 1.30 bits per heavy atom. The van der Waals surface area contributed by atoms with Gasteiger partial charge in [0.1, 0.15) is 0 Å². The van der Waals surface area contributed by atoms with Gasteiger partial charge in [0, 0.05) is 24.7 Å². The van der Waals surface area contributed by atoms with Crippen LogP contribution >= 0.6 is 0 Å². The lowest BCUT2D eigenvalue weighted by molar-refractivity contribution is -0.121. The summed E-state index contributed by atoms with van der Waals surface area (Å²) in [7, 11) is 4.09. The maximum absolute atomic E-state index is 11.9. The number of benzene rings is 1. The largest absolute Gasteiger partial charge is 0.399 e. The molecule has 0 fully saturated rings. The highest BCUT2D eigenvalue weighted by molar-refractivity contribution is 5.76. The van der Waals surface area contributed by atoms with Crippen LogP contribution in [0.2, 0.25) is 0 Å². The van der Waals surface area contributed by atoms with Crippen LogP contribution in [0.5, 0.6) is 0 Å². The number of hydrogen-bond acceptors (Lipinski definition) is 3. The van der Waals surface area contributed by atoms with E-state index < -0.39 is 0 Å². The molecule has 1 unspecified atom stereocenters. The Morgan fingerprint density at radius 3 is 2.50 bits per heavy atom. The molecule has 1 aromatic carbocycles. The lowest BCUT2D eigenvalue weighted by Gasteiger charge is -2.28. The first-order valence-electron chi connectivity index (χ1n) is 7.18. The standard InChI is InChI=1S/C16H27N3O/c1-12(2)15(19(3)4)11-18-16(20)10-9-13-7-5-6-8-14(13)17/h5-8,12,15H,9-11,17H2,1-4H3,(H,18,20). The monoisotopic (exact) mass is 277 g/mol. The van der Waals surface area contributed by atoms with Gasteiger partial charge in [-0.2, -0.15) is 0 Å². The van der Waals surface area contributed by atoms with E-state index >= 15 is 0 Å². The highest BCUT2D eigenvalue weighted by atomic mass is 16.1. The molecule has 1 atom stereocenters. The lowest BCUT2D eigenvalue weighted by atomic mass is 10.0.